The normalized spacial score (nSPS) is 12.1. The molecule has 1 amide bonds. The molecule has 0 aliphatic rings. The lowest BCUT2D eigenvalue weighted by Crippen LogP contribution is -2.26. The zero-order chi connectivity index (χ0) is 10.4. The molecule has 1 rings (SSSR count). The van der Waals surface area contributed by atoms with Crippen LogP contribution in [-0.4, -0.2) is 17.4 Å². The second-order valence-electron chi connectivity index (χ2n) is 3.31. The number of hydrogen-bond donors (Lipinski definition) is 1. The highest BCUT2D eigenvalue weighted by atomic mass is 16.1. The lowest BCUT2D eigenvalue weighted by atomic mass is 10.1. The number of pyridine rings is 1. The summed E-state index contributed by atoms with van der Waals surface area (Å²) in [4.78, 5) is 15.2. The second kappa shape index (κ2) is 5.37. The SMILES string of the molecule is CCC(=O)NCC(C)c1ccccn1.[HH].[HH]. The van der Waals surface area contributed by atoms with Crippen LogP contribution in [0, 0.1) is 0 Å². The lowest BCUT2D eigenvalue weighted by Gasteiger charge is -2.11. The van der Waals surface area contributed by atoms with Crippen molar-refractivity contribution in [3.05, 3.63) is 30.1 Å². The van der Waals surface area contributed by atoms with Gasteiger partial charge in [-0.25, -0.2) is 0 Å². The molecule has 0 saturated carbocycles. The molecule has 0 spiro atoms. The third-order valence-corrected chi connectivity index (χ3v) is 2.12. The van der Waals surface area contributed by atoms with Crippen molar-refractivity contribution in [2.75, 3.05) is 6.54 Å². The van der Waals surface area contributed by atoms with Crippen molar-refractivity contribution < 1.29 is 7.65 Å². The molecule has 0 radical (unpaired) electrons. The second-order valence-corrected chi connectivity index (χ2v) is 3.31. The minimum Gasteiger partial charge on any atom is -0.355 e. The summed E-state index contributed by atoms with van der Waals surface area (Å²) in [5.74, 6) is 0.361. The molecule has 1 aromatic rings. The van der Waals surface area contributed by atoms with Gasteiger partial charge in [-0.15, -0.1) is 0 Å². The van der Waals surface area contributed by atoms with E-state index >= 15 is 0 Å². The molecule has 1 atom stereocenters. The van der Waals surface area contributed by atoms with Crippen LogP contribution in [0.2, 0.25) is 0 Å². The third-order valence-electron chi connectivity index (χ3n) is 2.12. The maximum atomic E-state index is 11.0. The molecule has 80 valence electrons. The average Bonchev–Trinajstić information content (AvgIpc) is 2.26. The van der Waals surface area contributed by atoms with Crippen molar-refractivity contribution in [1.29, 1.82) is 0 Å². The summed E-state index contributed by atoms with van der Waals surface area (Å²) in [6.45, 7) is 4.56. The number of nitrogens with zero attached hydrogens (tertiary/aromatic N) is 1. The van der Waals surface area contributed by atoms with Gasteiger partial charge in [0.25, 0.3) is 0 Å². The van der Waals surface area contributed by atoms with Crippen LogP contribution < -0.4 is 5.32 Å². The van der Waals surface area contributed by atoms with Crippen molar-refractivity contribution in [2.45, 2.75) is 26.2 Å². The topological polar surface area (TPSA) is 42.0 Å². The van der Waals surface area contributed by atoms with Gasteiger partial charge in [0.15, 0.2) is 0 Å². The zero-order valence-corrected chi connectivity index (χ0v) is 8.66. The van der Waals surface area contributed by atoms with E-state index in [1.165, 1.54) is 0 Å². The largest absolute Gasteiger partial charge is 0.355 e. The van der Waals surface area contributed by atoms with Gasteiger partial charge in [0, 0.05) is 33.6 Å². The number of aromatic nitrogens is 1. The highest BCUT2D eigenvalue weighted by molar-refractivity contribution is 5.75. The highest BCUT2D eigenvalue weighted by Gasteiger charge is 2.06. The number of rotatable bonds is 4. The molecular formula is C11H20N2O. The summed E-state index contributed by atoms with van der Waals surface area (Å²) in [5.41, 5.74) is 1.02. The number of nitrogens with one attached hydrogen (secondary N) is 1. The minimum atomic E-state index is 0. The van der Waals surface area contributed by atoms with Gasteiger partial charge in [-0.3, -0.25) is 9.78 Å². The van der Waals surface area contributed by atoms with E-state index in [2.05, 4.69) is 17.2 Å². The van der Waals surface area contributed by atoms with Crippen LogP contribution in [0.1, 0.15) is 34.7 Å². The lowest BCUT2D eigenvalue weighted by molar-refractivity contribution is -0.120. The Bertz CT molecular complexity index is 293. The molecule has 0 fully saturated rings. The summed E-state index contributed by atoms with van der Waals surface area (Å²) in [7, 11) is 0. The molecule has 14 heavy (non-hydrogen) atoms. The first kappa shape index (κ1) is 10.7. The van der Waals surface area contributed by atoms with Crippen LogP contribution in [0.3, 0.4) is 0 Å². The molecule has 3 nitrogen and oxygen atoms in total. The van der Waals surface area contributed by atoms with E-state index in [-0.39, 0.29) is 14.7 Å². The Morgan fingerprint density at radius 2 is 2.43 bits per heavy atom. The Kier molecular flexibility index (Phi) is 4.11. The van der Waals surface area contributed by atoms with Crippen molar-refractivity contribution in [1.82, 2.24) is 10.3 Å². The van der Waals surface area contributed by atoms with Gasteiger partial charge in [-0.05, 0) is 12.1 Å². The first-order valence-electron chi connectivity index (χ1n) is 4.91. The first-order valence-corrected chi connectivity index (χ1v) is 4.91. The van der Waals surface area contributed by atoms with Crippen LogP contribution in [0.15, 0.2) is 24.4 Å². The molecule has 1 aromatic heterocycles. The fraction of sp³-hybridized carbons (Fsp3) is 0.455. The van der Waals surface area contributed by atoms with Crippen LogP contribution in [-0.2, 0) is 4.79 Å². The van der Waals surface area contributed by atoms with Gasteiger partial charge in [-0.1, -0.05) is 19.9 Å². The van der Waals surface area contributed by atoms with Crippen molar-refractivity contribution >= 4 is 5.91 Å². The molecule has 0 bridgehead atoms. The maximum absolute atomic E-state index is 11.0. The van der Waals surface area contributed by atoms with Crippen molar-refractivity contribution in [3.63, 3.8) is 0 Å². The zero-order valence-electron chi connectivity index (χ0n) is 8.66. The van der Waals surface area contributed by atoms with Crippen LogP contribution >= 0.6 is 0 Å². The van der Waals surface area contributed by atoms with Gasteiger partial charge in [0.2, 0.25) is 5.91 Å². The van der Waals surface area contributed by atoms with E-state index in [1.807, 2.05) is 25.1 Å². The molecule has 1 heterocycles. The van der Waals surface area contributed by atoms with Gasteiger partial charge >= 0.3 is 0 Å². The standard InChI is InChI=1S/C11H16N2O.2H2/c1-3-11(14)13-8-9(2)10-6-4-5-7-12-10;;/h4-7,9H,3,8H2,1-2H3,(H,13,14);2*1H. The molecular weight excluding hydrogens is 176 g/mol. The van der Waals surface area contributed by atoms with Gasteiger partial charge in [-0.2, -0.15) is 0 Å². The van der Waals surface area contributed by atoms with Crippen molar-refractivity contribution in [2.24, 2.45) is 0 Å². The molecule has 1 unspecified atom stereocenters. The fourth-order valence-corrected chi connectivity index (χ4v) is 1.16. The molecule has 0 aliphatic heterocycles. The Morgan fingerprint density at radius 1 is 1.64 bits per heavy atom. The quantitative estimate of drug-likeness (QED) is 0.802. The smallest absolute Gasteiger partial charge is 0.219 e. The predicted molar refractivity (Wildman–Crippen MR) is 60.2 cm³/mol. The summed E-state index contributed by atoms with van der Waals surface area (Å²) < 4.78 is 0. The van der Waals surface area contributed by atoms with Crippen molar-refractivity contribution in [3.8, 4) is 0 Å². The first-order chi connectivity index (χ1) is 6.74. The number of amides is 1. The molecule has 1 N–H and O–H groups in total. The molecule has 0 aliphatic carbocycles. The fourth-order valence-electron chi connectivity index (χ4n) is 1.16. The van der Waals surface area contributed by atoms with Gasteiger partial charge < -0.3 is 5.32 Å². The third kappa shape index (κ3) is 3.17. The molecule has 3 heteroatoms. The van der Waals surface area contributed by atoms with Crippen LogP contribution in [0.5, 0.6) is 0 Å². The number of carbonyl (C=O) groups excluding carboxylic acids is 1. The Balaban J connectivity index is 0. The summed E-state index contributed by atoms with van der Waals surface area (Å²) in [6, 6.07) is 5.82. The highest BCUT2D eigenvalue weighted by Crippen LogP contribution is 2.09. The van der Waals surface area contributed by atoms with E-state index in [4.69, 9.17) is 0 Å². The predicted octanol–water partition coefficient (Wildman–Crippen LogP) is 2.20. The van der Waals surface area contributed by atoms with Gasteiger partial charge in [0.1, 0.15) is 0 Å². The molecule has 0 saturated heterocycles. The van der Waals surface area contributed by atoms with E-state index in [9.17, 15) is 4.79 Å². The van der Waals surface area contributed by atoms with Gasteiger partial charge in [0.05, 0.1) is 0 Å². The van der Waals surface area contributed by atoms with E-state index in [0.717, 1.165) is 5.69 Å². The Morgan fingerprint density at radius 3 is 3.00 bits per heavy atom. The Labute approximate surface area is 87.5 Å². The molecule has 0 aromatic carbocycles. The Hall–Kier alpha value is -1.38. The van der Waals surface area contributed by atoms with Crippen LogP contribution in [0.25, 0.3) is 0 Å². The summed E-state index contributed by atoms with van der Waals surface area (Å²) in [5, 5.41) is 2.85. The summed E-state index contributed by atoms with van der Waals surface area (Å²) in [6.07, 6.45) is 2.31. The van der Waals surface area contributed by atoms with E-state index in [1.54, 1.807) is 6.20 Å². The monoisotopic (exact) mass is 196 g/mol. The average molecular weight is 196 g/mol. The number of hydrogen-bond acceptors (Lipinski definition) is 2. The number of carbonyl (C=O) groups is 1. The van der Waals surface area contributed by atoms with E-state index in [0.29, 0.717) is 13.0 Å². The minimum absolute atomic E-state index is 0. The maximum Gasteiger partial charge on any atom is 0.219 e. The van der Waals surface area contributed by atoms with E-state index < -0.39 is 0 Å². The summed E-state index contributed by atoms with van der Waals surface area (Å²) >= 11 is 0. The van der Waals surface area contributed by atoms with Crippen LogP contribution in [0.4, 0.5) is 0 Å².